The zero-order chi connectivity index (χ0) is 18.7. The minimum Gasteiger partial charge on any atom is -0.493 e. The minimum absolute atomic E-state index is 0.0386. The molecule has 1 saturated heterocycles. The maximum absolute atomic E-state index is 12.2. The number of carboxylic acid groups (broad SMARTS) is 1. The first kappa shape index (κ1) is 19.1. The molecule has 10 heteroatoms. The molecular weight excluding hydrogens is 463 g/mol. The SMILES string of the molecule is COc1cc(/C=C2\C(=O)NC(=S)N(C)C2=O)cc(I)c1OCC(=O)O. The number of hydrogen-bond acceptors (Lipinski definition) is 6. The monoisotopic (exact) mass is 476 g/mol. The first-order valence-electron chi connectivity index (χ1n) is 6.81. The topological polar surface area (TPSA) is 105 Å². The van der Waals surface area contributed by atoms with Crippen LogP contribution in [0.25, 0.3) is 6.08 Å². The van der Waals surface area contributed by atoms with Crippen molar-refractivity contribution in [1.82, 2.24) is 10.2 Å². The third kappa shape index (κ3) is 4.25. The number of nitrogens with zero attached hydrogens (tertiary/aromatic N) is 1. The Morgan fingerprint density at radius 2 is 2.12 bits per heavy atom. The summed E-state index contributed by atoms with van der Waals surface area (Å²) in [5, 5.41) is 11.2. The van der Waals surface area contributed by atoms with E-state index in [1.54, 1.807) is 12.1 Å². The molecule has 2 amide bonds. The van der Waals surface area contributed by atoms with Crippen LogP contribution in [0.1, 0.15) is 5.56 Å². The maximum Gasteiger partial charge on any atom is 0.341 e. The van der Waals surface area contributed by atoms with Gasteiger partial charge in [0.05, 0.1) is 10.7 Å². The van der Waals surface area contributed by atoms with Crippen molar-refractivity contribution in [2.75, 3.05) is 20.8 Å². The zero-order valence-electron chi connectivity index (χ0n) is 13.2. The van der Waals surface area contributed by atoms with Gasteiger partial charge in [-0.2, -0.15) is 0 Å². The van der Waals surface area contributed by atoms with Crippen molar-refractivity contribution < 1.29 is 29.0 Å². The average molecular weight is 476 g/mol. The third-order valence-corrected chi connectivity index (χ3v) is 4.38. The molecule has 0 unspecified atom stereocenters. The molecule has 0 aromatic heterocycles. The van der Waals surface area contributed by atoms with Gasteiger partial charge >= 0.3 is 5.97 Å². The lowest BCUT2D eigenvalue weighted by atomic mass is 10.1. The number of aliphatic carboxylic acids is 1. The molecule has 1 aromatic rings. The minimum atomic E-state index is -1.12. The van der Waals surface area contributed by atoms with Crippen molar-refractivity contribution in [3.63, 3.8) is 0 Å². The summed E-state index contributed by atoms with van der Waals surface area (Å²) in [6.07, 6.45) is 1.40. The fourth-order valence-electron chi connectivity index (χ4n) is 2.01. The summed E-state index contributed by atoms with van der Waals surface area (Å²) < 4.78 is 11.0. The molecule has 0 radical (unpaired) electrons. The van der Waals surface area contributed by atoms with Crippen LogP contribution in [-0.4, -0.2) is 53.7 Å². The smallest absolute Gasteiger partial charge is 0.341 e. The molecule has 1 heterocycles. The van der Waals surface area contributed by atoms with E-state index in [0.29, 0.717) is 9.13 Å². The Hall–Kier alpha value is -2.21. The number of nitrogens with one attached hydrogen (secondary N) is 1. The zero-order valence-corrected chi connectivity index (χ0v) is 16.1. The first-order valence-corrected chi connectivity index (χ1v) is 8.30. The summed E-state index contributed by atoms with van der Waals surface area (Å²) in [4.78, 5) is 36.1. The molecule has 0 aliphatic carbocycles. The molecule has 1 aliphatic rings. The van der Waals surface area contributed by atoms with Crippen LogP contribution in [-0.2, 0) is 14.4 Å². The molecule has 0 bridgehead atoms. The molecule has 8 nitrogen and oxygen atoms in total. The quantitative estimate of drug-likeness (QED) is 0.283. The van der Waals surface area contributed by atoms with Crippen molar-refractivity contribution in [2.45, 2.75) is 0 Å². The number of ether oxygens (including phenoxy) is 2. The Morgan fingerprint density at radius 3 is 2.72 bits per heavy atom. The average Bonchev–Trinajstić information content (AvgIpc) is 2.55. The Bertz CT molecular complexity index is 807. The van der Waals surface area contributed by atoms with Crippen LogP contribution in [0, 0.1) is 3.57 Å². The van der Waals surface area contributed by atoms with Gasteiger partial charge in [0, 0.05) is 7.05 Å². The Labute approximate surface area is 161 Å². The highest BCUT2D eigenvalue weighted by Gasteiger charge is 2.30. The summed E-state index contributed by atoms with van der Waals surface area (Å²) in [5.74, 6) is -1.67. The van der Waals surface area contributed by atoms with E-state index >= 15 is 0 Å². The van der Waals surface area contributed by atoms with E-state index in [2.05, 4.69) is 5.32 Å². The molecule has 132 valence electrons. The largest absolute Gasteiger partial charge is 0.493 e. The predicted octanol–water partition coefficient (Wildman–Crippen LogP) is 1.02. The van der Waals surface area contributed by atoms with Crippen LogP contribution in [0.5, 0.6) is 11.5 Å². The van der Waals surface area contributed by atoms with Crippen LogP contribution >= 0.6 is 34.8 Å². The number of amides is 2. The lowest BCUT2D eigenvalue weighted by molar-refractivity contribution is -0.139. The van der Waals surface area contributed by atoms with E-state index in [1.807, 2.05) is 22.6 Å². The maximum atomic E-state index is 12.2. The second-order valence-electron chi connectivity index (χ2n) is 4.90. The molecule has 1 aliphatic heterocycles. The number of benzene rings is 1. The van der Waals surface area contributed by atoms with Gasteiger partial charge in [0.1, 0.15) is 5.57 Å². The van der Waals surface area contributed by atoms with Crippen LogP contribution in [0.4, 0.5) is 0 Å². The lowest BCUT2D eigenvalue weighted by Crippen LogP contribution is -2.52. The van der Waals surface area contributed by atoms with Gasteiger partial charge in [-0.3, -0.25) is 19.8 Å². The van der Waals surface area contributed by atoms with E-state index in [1.165, 1.54) is 20.2 Å². The number of carbonyl (C=O) groups excluding carboxylic acids is 2. The van der Waals surface area contributed by atoms with E-state index in [4.69, 9.17) is 26.8 Å². The molecule has 1 aromatic carbocycles. The Balaban J connectivity index is 2.41. The van der Waals surface area contributed by atoms with Gasteiger partial charge in [-0.05, 0) is 58.6 Å². The standard InChI is InChI=1S/C15H13IN2O6S/c1-18-14(22)8(13(21)17-15(18)25)3-7-4-9(16)12(10(5-7)23-2)24-6-11(19)20/h3-5H,6H2,1-2H3,(H,19,20)(H,17,21,25)/b8-3+. The predicted molar refractivity (Wildman–Crippen MR) is 100 cm³/mol. The summed E-state index contributed by atoms with van der Waals surface area (Å²) in [6.45, 7) is -0.518. The second kappa shape index (κ2) is 7.78. The number of carboxylic acids is 1. The van der Waals surface area contributed by atoms with Crippen LogP contribution in [0.3, 0.4) is 0 Å². The van der Waals surface area contributed by atoms with Crippen LogP contribution in [0.15, 0.2) is 17.7 Å². The number of hydrogen-bond donors (Lipinski definition) is 2. The number of thiocarbonyl (C=S) groups is 1. The van der Waals surface area contributed by atoms with E-state index in [0.717, 1.165) is 4.90 Å². The van der Waals surface area contributed by atoms with Crippen molar-refractivity contribution in [2.24, 2.45) is 0 Å². The van der Waals surface area contributed by atoms with Gasteiger partial charge in [0.2, 0.25) is 0 Å². The number of likely N-dealkylation sites (N-methyl/N-ethyl adjacent to an activating group) is 1. The number of rotatable bonds is 5. The van der Waals surface area contributed by atoms with Gasteiger partial charge in [-0.25, -0.2) is 4.79 Å². The normalized spacial score (nSPS) is 16.0. The van der Waals surface area contributed by atoms with Crippen LogP contribution < -0.4 is 14.8 Å². The number of halogens is 1. The number of methoxy groups -OCH3 is 1. The molecule has 2 rings (SSSR count). The highest BCUT2D eigenvalue weighted by atomic mass is 127. The van der Waals surface area contributed by atoms with Crippen molar-refractivity contribution >= 4 is 63.8 Å². The molecule has 0 spiro atoms. The fourth-order valence-corrected chi connectivity index (χ4v) is 2.97. The van der Waals surface area contributed by atoms with E-state index in [-0.39, 0.29) is 22.2 Å². The molecule has 25 heavy (non-hydrogen) atoms. The van der Waals surface area contributed by atoms with Gasteiger partial charge in [0.15, 0.2) is 23.2 Å². The molecule has 0 atom stereocenters. The van der Waals surface area contributed by atoms with Gasteiger partial charge in [-0.1, -0.05) is 0 Å². The molecule has 2 N–H and O–H groups in total. The summed E-state index contributed by atoms with van der Waals surface area (Å²) in [7, 11) is 2.87. The summed E-state index contributed by atoms with van der Waals surface area (Å²) >= 11 is 6.84. The number of carbonyl (C=O) groups is 3. The highest BCUT2D eigenvalue weighted by molar-refractivity contribution is 14.1. The van der Waals surface area contributed by atoms with E-state index < -0.39 is 24.4 Å². The van der Waals surface area contributed by atoms with Gasteiger partial charge in [-0.15, -0.1) is 0 Å². The summed E-state index contributed by atoms with van der Waals surface area (Å²) in [5.41, 5.74) is 0.441. The molecule has 0 saturated carbocycles. The van der Waals surface area contributed by atoms with Crippen LogP contribution in [0.2, 0.25) is 0 Å². The van der Waals surface area contributed by atoms with Crippen molar-refractivity contribution in [3.05, 3.63) is 26.8 Å². The molecule has 1 fully saturated rings. The highest BCUT2D eigenvalue weighted by Crippen LogP contribution is 2.34. The third-order valence-electron chi connectivity index (χ3n) is 3.21. The Kier molecular flexibility index (Phi) is 5.95. The van der Waals surface area contributed by atoms with Gasteiger partial charge < -0.3 is 14.6 Å². The van der Waals surface area contributed by atoms with Crippen molar-refractivity contribution in [3.8, 4) is 11.5 Å². The first-order chi connectivity index (χ1) is 11.7. The summed E-state index contributed by atoms with van der Waals surface area (Å²) in [6, 6.07) is 3.18. The fraction of sp³-hybridized carbons (Fsp3) is 0.200. The van der Waals surface area contributed by atoms with E-state index in [9.17, 15) is 14.4 Å². The van der Waals surface area contributed by atoms with Crippen molar-refractivity contribution in [1.29, 1.82) is 0 Å². The molecular formula is C15H13IN2O6S. The Morgan fingerprint density at radius 1 is 1.44 bits per heavy atom. The van der Waals surface area contributed by atoms with Gasteiger partial charge in [0.25, 0.3) is 11.8 Å². The second-order valence-corrected chi connectivity index (χ2v) is 6.45. The lowest BCUT2D eigenvalue weighted by Gasteiger charge is -2.25.